The first-order valence-corrected chi connectivity index (χ1v) is 3.80. The summed E-state index contributed by atoms with van der Waals surface area (Å²) in [7, 11) is 0. The Kier molecular flexibility index (Phi) is 2.98. The van der Waals surface area contributed by atoms with E-state index in [0.29, 0.717) is 0 Å². The van der Waals surface area contributed by atoms with E-state index in [4.69, 9.17) is 23.2 Å². The fraction of sp³-hybridized carbons (Fsp3) is 0.167. The molecule has 0 fully saturated rings. The van der Waals surface area contributed by atoms with Crippen molar-refractivity contribution in [3.63, 3.8) is 0 Å². The molecule has 13 heavy (non-hydrogen) atoms. The average Bonchev–Trinajstić information content (AvgIpc) is 2.01. The van der Waals surface area contributed by atoms with E-state index in [2.05, 4.69) is 4.98 Å². The highest BCUT2D eigenvalue weighted by Gasteiger charge is 2.24. The van der Waals surface area contributed by atoms with Crippen LogP contribution in [0.5, 0.6) is 0 Å². The lowest BCUT2D eigenvalue weighted by atomic mass is 10.2. The zero-order chi connectivity index (χ0) is 10.2. The molecule has 0 bridgehead atoms. The van der Waals surface area contributed by atoms with Crippen LogP contribution in [0.15, 0.2) is 0 Å². The Hall–Kier alpha value is -0.550. The minimum absolute atomic E-state index is 1.08. The van der Waals surface area contributed by atoms with E-state index in [1.54, 1.807) is 0 Å². The largest absolute Gasteiger partial charge is 0.252 e. The van der Waals surface area contributed by atoms with Crippen LogP contribution in [-0.4, -0.2) is 4.98 Å². The summed E-state index contributed by atoms with van der Waals surface area (Å²) in [4.78, 5) is 0.627. The first-order valence-electron chi connectivity index (χ1n) is 2.93. The van der Waals surface area contributed by atoms with Crippen LogP contribution < -0.4 is 0 Å². The third-order valence-corrected chi connectivity index (χ3v) is 1.69. The Balaban J connectivity index is 3.46. The first kappa shape index (κ1) is 10.5. The smallest absolute Gasteiger partial charge is 0.201 e. The Labute approximate surface area is 80.3 Å². The molecule has 7 heteroatoms. The third kappa shape index (κ3) is 1.86. The minimum atomic E-state index is -1.78. The van der Waals surface area contributed by atoms with E-state index in [-0.39, 0.29) is 0 Å². The number of nitrogens with zero attached hydrogens (tertiary/aromatic N) is 1. The molecule has 0 radical (unpaired) electrons. The van der Waals surface area contributed by atoms with Crippen molar-refractivity contribution in [2.45, 2.75) is 4.84 Å². The number of hydrogen-bond donors (Lipinski definition) is 0. The monoisotopic (exact) mass is 233 g/mol. The van der Waals surface area contributed by atoms with Gasteiger partial charge in [-0.1, -0.05) is 23.2 Å². The van der Waals surface area contributed by atoms with Gasteiger partial charge in [-0.15, -0.1) is 0 Å². The summed E-state index contributed by atoms with van der Waals surface area (Å²) in [6, 6.07) is 0. The summed E-state index contributed by atoms with van der Waals surface area (Å²) in [6.07, 6.45) is 0. The molecule has 0 unspecified atom stereocenters. The topological polar surface area (TPSA) is 12.9 Å². The molecular formula is C6HCl2F4N. The van der Waals surface area contributed by atoms with Crippen molar-refractivity contribution in [3.8, 4) is 0 Å². The SMILES string of the molecule is Fc1nc(F)c(F)c(C(Cl)Cl)c1F. The molecule has 0 N–H and O–H groups in total. The molecule has 1 heterocycles. The van der Waals surface area contributed by atoms with Crippen LogP contribution in [0.2, 0.25) is 0 Å². The summed E-state index contributed by atoms with van der Waals surface area (Å²) in [5, 5.41) is 0. The molecule has 72 valence electrons. The molecule has 0 saturated carbocycles. The molecule has 0 aliphatic carbocycles. The van der Waals surface area contributed by atoms with Crippen LogP contribution in [0.25, 0.3) is 0 Å². The van der Waals surface area contributed by atoms with Gasteiger partial charge >= 0.3 is 0 Å². The van der Waals surface area contributed by atoms with Gasteiger partial charge in [0.2, 0.25) is 0 Å². The number of aromatic nitrogens is 1. The fourth-order valence-electron chi connectivity index (χ4n) is 0.695. The van der Waals surface area contributed by atoms with Gasteiger partial charge in [0.05, 0.1) is 5.56 Å². The normalized spacial score (nSPS) is 11.0. The molecule has 0 atom stereocenters. The molecule has 1 aromatic heterocycles. The van der Waals surface area contributed by atoms with Gasteiger partial charge in [-0.3, -0.25) is 0 Å². The predicted molar refractivity (Wildman–Crippen MR) is 38.5 cm³/mol. The van der Waals surface area contributed by atoms with Crippen molar-refractivity contribution in [2.24, 2.45) is 0 Å². The second-order valence-electron chi connectivity index (χ2n) is 2.04. The van der Waals surface area contributed by atoms with E-state index in [1.165, 1.54) is 0 Å². The zero-order valence-corrected chi connectivity index (χ0v) is 7.30. The Bertz CT molecular complexity index is 316. The average molecular weight is 234 g/mol. The summed E-state index contributed by atoms with van der Waals surface area (Å²) < 4.78 is 50.1. The predicted octanol–water partition coefficient (Wildman–Crippen LogP) is 3.11. The van der Waals surface area contributed by atoms with Crippen LogP contribution in [0.4, 0.5) is 17.6 Å². The van der Waals surface area contributed by atoms with Crippen molar-refractivity contribution >= 4 is 23.2 Å². The van der Waals surface area contributed by atoms with Gasteiger partial charge in [-0.05, 0) is 0 Å². The van der Waals surface area contributed by atoms with Crippen molar-refractivity contribution in [2.75, 3.05) is 0 Å². The lowest BCUT2D eigenvalue weighted by Gasteiger charge is -2.05. The van der Waals surface area contributed by atoms with Crippen LogP contribution >= 0.6 is 23.2 Å². The number of alkyl halides is 2. The number of hydrogen-bond acceptors (Lipinski definition) is 1. The second-order valence-corrected chi connectivity index (χ2v) is 3.13. The van der Waals surface area contributed by atoms with Gasteiger partial charge in [0.1, 0.15) is 4.84 Å². The zero-order valence-electron chi connectivity index (χ0n) is 5.79. The molecule has 0 aliphatic heterocycles. The van der Waals surface area contributed by atoms with Gasteiger partial charge in [-0.2, -0.15) is 13.8 Å². The van der Waals surface area contributed by atoms with E-state index in [0.717, 1.165) is 0 Å². The van der Waals surface area contributed by atoms with Gasteiger partial charge in [0.15, 0.2) is 11.6 Å². The first-order chi connectivity index (χ1) is 5.95. The summed E-state index contributed by atoms with van der Waals surface area (Å²) >= 11 is 10.2. The van der Waals surface area contributed by atoms with Crippen molar-refractivity contribution in [3.05, 3.63) is 29.1 Å². The van der Waals surface area contributed by atoms with E-state index in [9.17, 15) is 17.6 Å². The number of pyridine rings is 1. The number of rotatable bonds is 1. The maximum atomic E-state index is 12.7. The fourth-order valence-corrected chi connectivity index (χ4v) is 1.08. The minimum Gasteiger partial charge on any atom is -0.201 e. The lowest BCUT2D eigenvalue weighted by Crippen LogP contribution is -2.05. The summed E-state index contributed by atoms with van der Waals surface area (Å²) in [6.45, 7) is 0. The van der Waals surface area contributed by atoms with Crippen molar-refractivity contribution in [1.82, 2.24) is 4.98 Å². The van der Waals surface area contributed by atoms with Gasteiger partial charge in [0.25, 0.3) is 11.9 Å². The second kappa shape index (κ2) is 3.67. The van der Waals surface area contributed by atoms with Crippen LogP contribution in [-0.2, 0) is 0 Å². The standard InChI is InChI=1S/C6HCl2F4N/c7-4(8)1-2(9)5(11)13-6(12)3(1)10/h4H. The summed E-state index contributed by atoms with van der Waals surface area (Å²) in [5.74, 6) is -6.93. The molecular weight excluding hydrogens is 233 g/mol. The van der Waals surface area contributed by atoms with E-state index in [1.807, 2.05) is 0 Å². The van der Waals surface area contributed by atoms with Crippen LogP contribution in [0, 0.1) is 23.5 Å². The van der Waals surface area contributed by atoms with E-state index >= 15 is 0 Å². The lowest BCUT2D eigenvalue weighted by molar-refractivity contribution is 0.398. The highest BCUT2D eigenvalue weighted by atomic mass is 35.5. The van der Waals surface area contributed by atoms with E-state index < -0.39 is 33.9 Å². The molecule has 1 nitrogen and oxygen atoms in total. The van der Waals surface area contributed by atoms with Crippen LogP contribution in [0.1, 0.15) is 10.4 Å². The third-order valence-electron chi connectivity index (χ3n) is 1.25. The Morgan fingerprint density at radius 1 is 0.923 bits per heavy atom. The number of halogens is 6. The van der Waals surface area contributed by atoms with Crippen LogP contribution in [0.3, 0.4) is 0 Å². The van der Waals surface area contributed by atoms with Gasteiger partial charge in [-0.25, -0.2) is 8.78 Å². The molecule has 0 saturated heterocycles. The molecule has 0 spiro atoms. The molecule has 0 aromatic carbocycles. The van der Waals surface area contributed by atoms with Crippen molar-refractivity contribution < 1.29 is 17.6 Å². The quantitative estimate of drug-likeness (QED) is 0.413. The maximum Gasteiger partial charge on any atom is 0.252 e. The molecule has 1 rings (SSSR count). The Morgan fingerprint density at radius 2 is 1.31 bits per heavy atom. The molecule has 0 aliphatic rings. The highest BCUT2D eigenvalue weighted by molar-refractivity contribution is 6.44. The maximum absolute atomic E-state index is 12.7. The summed E-state index contributed by atoms with van der Waals surface area (Å²) in [5.41, 5.74) is -1.08. The molecule has 1 aromatic rings. The van der Waals surface area contributed by atoms with Gasteiger partial charge < -0.3 is 0 Å². The van der Waals surface area contributed by atoms with Gasteiger partial charge in [0, 0.05) is 0 Å². The Morgan fingerprint density at radius 3 is 1.62 bits per heavy atom. The molecule has 0 amide bonds. The van der Waals surface area contributed by atoms with Crippen molar-refractivity contribution in [1.29, 1.82) is 0 Å². The highest BCUT2D eigenvalue weighted by Crippen LogP contribution is 2.30.